The average Bonchev–Trinajstić information content (AvgIpc) is 2.76. The molecule has 1 aromatic carbocycles. The van der Waals surface area contributed by atoms with Gasteiger partial charge in [-0.3, -0.25) is 4.79 Å². The molecule has 0 atom stereocenters. The van der Waals surface area contributed by atoms with Gasteiger partial charge in [0.1, 0.15) is 0 Å². The summed E-state index contributed by atoms with van der Waals surface area (Å²) >= 11 is 3.37. The second-order valence-electron chi connectivity index (χ2n) is 4.86. The van der Waals surface area contributed by atoms with Gasteiger partial charge in [-0.15, -0.1) is 0 Å². The minimum Gasteiger partial charge on any atom is -0.319 e. The first-order chi connectivity index (χ1) is 10.1. The summed E-state index contributed by atoms with van der Waals surface area (Å²) in [6.45, 7) is 3.97. The van der Waals surface area contributed by atoms with Crippen LogP contribution in [0.2, 0.25) is 0 Å². The molecule has 0 spiro atoms. The van der Waals surface area contributed by atoms with Gasteiger partial charge in [-0.1, -0.05) is 22.0 Å². The van der Waals surface area contributed by atoms with E-state index in [4.69, 9.17) is 0 Å². The Balaban J connectivity index is 1.98. The minimum absolute atomic E-state index is 0.150. The van der Waals surface area contributed by atoms with Gasteiger partial charge >= 0.3 is 0 Å². The zero-order valence-corrected chi connectivity index (χ0v) is 13.3. The molecule has 106 valence electrons. The fraction of sp³-hybridized carbons (Fsp3) is 0.125. The number of rotatable bonds is 2. The van der Waals surface area contributed by atoms with E-state index in [1.807, 2.05) is 48.7 Å². The zero-order chi connectivity index (χ0) is 15.0. The molecule has 3 rings (SSSR count). The van der Waals surface area contributed by atoms with Crippen molar-refractivity contribution in [2.24, 2.45) is 0 Å². The summed E-state index contributed by atoms with van der Waals surface area (Å²) in [7, 11) is 0. The Hall–Kier alpha value is -2.14. The van der Waals surface area contributed by atoms with Crippen LogP contribution in [0.5, 0.6) is 0 Å². The van der Waals surface area contributed by atoms with E-state index in [0.717, 1.165) is 21.5 Å². The number of hydrogen-bond acceptors (Lipinski definition) is 2. The molecule has 2 heterocycles. The van der Waals surface area contributed by atoms with Crippen molar-refractivity contribution in [3.05, 3.63) is 64.0 Å². The van der Waals surface area contributed by atoms with Crippen LogP contribution in [0.3, 0.4) is 0 Å². The summed E-state index contributed by atoms with van der Waals surface area (Å²) in [6.07, 6.45) is 1.94. The number of carbonyl (C=O) groups excluding carboxylic acids is 1. The van der Waals surface area contributed by atoms with Crippen molar-refractivity contribution in [2.75, 3.05) is 5.32 Å². The van der Waals surface area contributed by atoms with E-state index in [1.165, 1.54) is 0 Å². The Morgan fingerprint density at radius 3 is 2.81 bits per heavy atom. The predicted molar refractivity (Wildman–Crippen MR) is 86.8 cm³/mol. The number of amides is 1. The molecule has 1 N–H and O–H groups in total. The number of benzene rings is 1. The molecular weight excluding hydrogens is 330 g/mol. The van der Waals surface area contributed by atoms with E-state index in [9.17, 15) is 4.79 Å². The summed E-state index contributed by atoms with van der Waals surface area (Å²) in [5, 5.41) is 2.93. The lowest BCUT2D eigenvalue weighted by Crippen LogP contribution is -2.12. The fourth-order valence-corrected chi connectivity index (χ4v) is 2.62. The molecule has 0 saturated heterocycles. The highest BCUT2D eigenvalue weighted by Crippen LogP contribution is 2.20. The molecule has 21 heavy (non-hydrogen) atoms. The number of fused-ring (bicyclic) bond motifs is 1. The number of aromatic nitrogens is 2. The summed E-state index contributed by atoms with van der Waals surface area (Å²) in [4.78, 5) is 16.8. The lowest BCUT2D eigenvalue weighted by molar-refractivity contribution is 0.102. The lowest BCUT2D eigenvalue weighted by Gasteiger charge is -2.07. The van der Waals surface area contributed by atoms with Gasteiger partial charge in [0.15, 0.2) is 5.65 Å². The van der Waals surface area contributed by atoms with Crippen molar-refractivity contribution in [3.63, 3.8) is 0 Å². The Morgan fingerprint density at radius 1 is 1.24 bits per heavy atom. The number of pyridine rings is 1. The quantitative estimate of drug-likeness (QED) is 0.765. The molecule has 4 nitrogen and oxygen atoms in total. The number of imidazole rings is 1. The van der Waals surface area contributed by atoms with E-state index in [1.54, 1.807) is 12.1 Å². The standard InChI is InChI=1S/C16H14BrN3O/c1-10-11(2)20-8-4-7-14(15(20)18-10)19-16(21)12-5-3-6-13(17)9-12/h3-9H,1-2H3,(H,19,21). The van der Waals surface area contributed by atoms with Crippen LogP contribution in [0.15, 0.2) is 47.1 Å². The Labute approximate surface area is 131 Å². The van der Waals surface area contributed by atoms with E-state index >= 15 is 0 Å². The summed E-state index contributed by atoms with van der Waals surface area (Å²) < 4.78 is 2.85. The molecule has 3 aromatic rings. The first kappa shape index (κ1) is 13.8. The number of carbonyl (C=O) groups is 1. The third-order valence-electron chi connectivity index (χ3n) is 3.46. The zero-order valence-electron chi connectivity index (χ0n) is 11.7. The van der Waals surface area contributed by atoms with E-state index < -0.39 is 0 Å². The monoisotopic (exact) mass is 343 g/mol. The highest BCUT2D eigenvalue weighted by Gasteiger charge is 2.12. The van der Waals surface area contributed by atoms with E-state index in [-0.39, 0.29) is 5.91 Å². The third kappa shape index (κ3) is 2.56. The van der Waals surface area contributed by atoms with Gasteiger partial charge in [-0.05, 0) is 44.2 Å². The highest BCUT2D eigenvalue weighted by atomic mass is 79.9. The van der Waals surface area contributed by atoms with Crippen LogP contribution in [0, 0.1) is 13.8 Å². The van der Waals surface area contributed by atoms with E-state index in [0.29, 0.717) is 11.3 Å². The maximum absolute atomic E-state index is 12.3. The molecule has 0 aliphatic rings. The van der Waals surface area contributed by atoms with Gasteiger partial charge in [-0.25, -0.2) is 4.98 Å². The van der Waals surface area contributed by atoms with E-state index in [2.05, 4.69) is 26.2 Å². The number of anilines is 1. The summed E-state index contributed by atoms with van der Waals surface area (Å²) in [5.74, 6) is -0.150. The van der Waals surface area contributed by atoms with Crippen LogP contribution in [0.4, 0.5) is 5.69 Å². The molecule has 2 aromatic heterocycles. The SMILES string of the molecule is Cc1nc2c(NC(=O)c3cccc(Br)c3)cccn2c1C. The van der Waals surface area contributed by atoms with Crippen LogP contribution in [0.1, 0.15) is 21.7 Å². The molecule has 5 heteroatoms. The van der Waals surface area contributed by atoms with Crippen molar-refractivity contribution in [2.45, 2.75) is 13.8 Å². The number of nitrogens with one attached hydrogen (secondary N) is 1. The van der Waals surface area contributed by atoms with Crippen LogP contribution >= 0.6 is 15.9 Å². The normalized spacial score (nSPS) is 10.8. The van der Waals surface area contributed by atoms with Gasteiger partial charge in [0.25, 0.3) is 5.91 Å². The van der Waals surface area contributed by atoms with Crippen molar-refractivity contribution in [3.8, 4) is 0 Å². The molecule has 0 fully saturated rings. The van der Waals surface area contributed by atoms with Crippen LogP contribution in [0.25, 0.3) is 5.65 Å². The second-order valence-corrected chi connectivity index (χ2v) is 5.78. The molecule has 0 unspecified atom stereocenters. The smallest absolute Gasteiger partial charge is 0.255 e. The first-order valence-electron chi connectivity index (χ1n) is 6.57. The second kappa shape index (κ2) is 5.33. The molecule has 0 bridgehead atoms. The molecule has 0 aliphatic heterocycles. The van der Waals surface area contributed by atoms with Gasteiger partial charge < -0.3 is 9.72 Å². The molecule has 0 saturated carbocycles. The number of nitrogens with zero attached hydrogens (tertiary/aromatic N) is 2. The Morgan fingerprint density at radius 2 is 2.05 bits per heavy atom. The number of aryl methyl sites for hydroxylation is 2. The van der Waals surface area contributed by atoms with Crippen molar-refractivity contribution >= 4 is 33.2 Å². The topological polar surface area (TPSA) is 46.4 Å². The van der Waals surface area contributed by atoms with Gasteiger partial charge in [0.2, 0.25) is 0 Å². The van der Waals surface area contributed by atoms with Crippen LogP contribution < -0.4 is 5.32 Å². The molecule has 0 radical (unpaired) electrons. The molecular formula is C16H14BrN3O. The van der Waals surface area contributed by atoms with Gasteiger partial charge in [0, 0.05) is 21.9 Å². The first-order valence-corrected chi connectivity index (χ1v) is 7.37. The molecule has 1 amide bonds. The average molecular weight is 344 g/mol. The van der Waals surface area contributed by atoms with Crippen molar-refractivity contribution in [1.29, 1.82) is 0 Å². The minimum atomic E-state index is -0.150. The third-order valence-corrected chi connectivity index (χ3v) is 3.95. The summed E-state index contributed by atoms with van der Waals surface area (Å²) in [6, 6.07) is 11.1. The Kier molecular flexibility index (Phi) is 3.51. The van der Waals surface area contributed by atoms with Crippen LogP contribution in [-0.2, 0) is 0 Å². The maximum atomic E-state index is 12.3. The largest absolute Gasteiger partial charge is 0.319 e. The summed E-state index contributed by atoms with van der Waals surface area (Å²) in [5.41, 5.74) is 4.10. The van der Waals surface area contributed by atoms with Gasteiger partial charge in [0.05, 0.1) is 11.4 Å². The number of hydrogen-bond donors (Lipinski definition) is 1. The fourth-order valence-electron chi connectivity index (χ4n) is 2.22. The van der Waals surface area contributed by atoms with Crippen molar-refractivity contribution in [1.82, 2.24) is 9.38 Å². The van der Waals surface area contributed by atoms with Gasteiger partial charge in [-0.2, -0.15) is 0 Å². The van der Waals surface area contributed by atoms with Crippen LogP contribution in [-0.4, -0.2) is 15.3 Å². The highest BCUT2D eigenvalue weighted by molar-refractivity contribution is 9.10. The number of halogens is 1. The molecule has 0 aliphatic carbocycles. The lowest BCUT2D eigenvalue weighted by atomic mass is 10.2. The predicted octanol–water partition coefficient (Wildman–Crippen LogP) is 3.97. The maximum Gasteiger partial charge on any atom is 0.255 e. The Bertz CT molecular complexity index is 839. The van der Waals surface area contributed by atoms with Crippen molar-refractivity contribution < 1.29 is 4.79 Å².